The Kier molecular flexibility index (Phi) is 6.54. The fraction of sp³-hybridized carbons (Fsp3) is 0.250. The van der Waals surface area contributed by atoms with Crippen LogP contribution in [0.5, 0.6) is 11.5 Å². The predicted molar refractivity (Wildman–Crippen MR) is 48.4 cm³/mol. The minimum atomic E-state index is -5.35. The Morgan fingerprint density at radius 2 is 1.67 bits per heavy atom. The van der Waals surface area contributed by atoms with Gasteiger partial charge in [0.15, 0.2) is 0 Å². The van der Waals surface area contributed by atoms with Gasteiger partial charge in [-0.2, -0.15) is 0 Å². The molecule has 0 aliphatic carbocycles. The molecule has 0 unspecified atom stereocenters. The fourth-order valence-corrected chi connectivity index (χ4v) is 1.16. The molecular formula is C8H6BF6KO2. The second kappa shape index (κ2) is 6.51. The number of alkyl halides is 3. The van der Waals surface area contributed by atoms with Gasteiger partial charge in [0.25, 0.3) is 0 Å². The van der Waals surface area contributed by atoms with Crippen LogP contribution in [-0.2, 0) is 0 Å². The van der Waals surface area contributed by atoms with Crippen LogP contribution in [0.2, 0.25) is 0 Å². The van der Waals surface area contributed by atoms with E-state index in [9.17, 15) is 26.1 Å². The molecule has 0 heterocycles. The number of halogens is 6. The molecule has 0 aromatic heterocycles. The first-order valence-corrected chi connectivity index (χ1v) is 4.27. The van der Waals surface area contributed by atoms with E-state index in [4.69, 9.17) is 0 Å². The van der Waals surface area contributed by atoms with E-state index in [0.29, 0.717) is 18.2 Å². The van der Waals surface area contributed by atoms with E-state index in [1.54, 1.807) is 0 Å². The van der Waals surface area contributed by atoms with Gasteiger partial charge in [-0.05, 0) is 6.07 Å². The number of hydrogen-bond acceptors (Lipinski definition) is 2. The van der Waals surface area contributed by atoms with Crippen LogP contribution in [0.4, 0.5) is 26.1 Å². The predicted octanol–water partition coefficient (Wildman–Crippen LogP) is -0.348. The molecule has 1 rings (SSSR count). The van der Waals surface area contributed by atoms with Gasteiger partial charge in [0, 0.05) is 6.07 Å². The maximum Gasteiger partial charge on any atom is 1.00 e. The molecule has 1 aromatic rings. The summed E-state index contributed by atoms with van der Waals surface area (Å²) in [5, 5.41) is 0. The third-order valence-electron chi connectivity index (χ3n) is 1.79. The maximum absolute atomic E-state index is 12.4. The van der Waals surface area contributed by atoms with Gasteiger partial charge in [0.05, 0.1) is 12.9 Å². The van der Waals surface area contributed by atoms with E-state index in [2.05, 4.69) is 9.47 Å². The van der Waals surface area contributed by atoms with Gasteiger partial charge in [0.2, 0.25) is 0 Å². The molecule has 0 radical (unpaired) electrons. The summed E-state index contributed by atoms with van der Waals surface area (Å²) in [6.45, 7) is -5.35. The first kappa shape index (κ1) is 18.1. The number of hydrogen-bond donors (Lipinski definition) is 0. The van der Waals surface area contributed by atoms with Gasteiger partial charge in [-0.1, -0.05) is 11.5 Å². The molecule has 0 bridgehead atoms. The third kappa shape index (κ3) is 5.39. The van der Waals surface area contributed by atoms with Crippen molar-refractivity contribution in [3.05, 3.63) is 18.2 Å². The van der Waals surface area contributed by atoms with Crippen molar-refractivity contribution in [2.75, 3.05) is 7.11 Å². The first-order chi connectivity index (χ1) is 7.63. The van der Waals surface area contributed by atoms with Gasteiger partial charge in [-0.3, -0.25) is 0 Å². The summed E-state index contributed by atoms with van der Waals surface area (Å²) in [6.07, 6.45) is -4.96. The maximum atomic E-state index is 12.4. The second-order valence-electron chi connectivity index (χ2n) is 3.03. The quantitative estimate of drug-likeness (QED) is 0.561. The molecular weight excluding hydrogens is 292 g/mol. The van der Waals surface area contributed by atoms with Gasteiger partial charge in [-0.15, -0.1) is 13.2 Å². The van der Waals surface area contributed by atoms with Crippen LogP contribution in [-0.4, -0.2) is 20.4 Å². The van der Waals surface area contributed by atoms with Crippen LogP contribution in [0.15, 0.2) is 18.2 Å². The zero-order valence-electron chi connectivity index (χ0n) is 9.39. The van der Waals surface area contributed by atoms with Gasteiger partial charge >= 0.3 is 64.7 Å². The summed E-state index contributed by atoms with van der Waals surface area (Å²) in [7, 11) is 0.929. The normalized spacial score (nSPS) is 11.7. The number of benzene rings is 1. The Balaban J connectivity index is 0.00000289. The van der Waals surface area contributed by atoms with Crippen molar-refractivity contribution in [2.45, 2.75) is 6.36 Å². The molecule has 0 saturated carbocycles. The summed E-state index contributed by atoms with van der Waals surface area (Å²) >= 11 is 0. The van der Waals surface area contributed by atoms with Crippen molar-refractivity contribution in [2.24, 2.45) is 0 Å². The molecule has 0 saturated heterocycles. The van der Waals surface area contributed by atoms with Crippen LogP contribution >= 0.6 is 0 Å². The van der Waals surface area contributed by atoms with E-state index in [0.717, 1.165) is 7.11 Å². The SMILES string of the molecule is COc1cc(OC(F)(F)F)ccc1[B-](F)(F)F.[K+]. The average Bonchev–Trinajstić information content (AvgIpc) is 2.13. The van der Waals surface area contributed by atoms with E-state index < -0.39 is 30.3 Å². The second-order valence-corrected chi connectivity index (χ2v) is 3.03. The zero-order valence-corrected chi connectivity index (χ0v) is 12.5. The Morgan fingerprint density at radius 3 is 2.06 bits per heavy atom. The molecule has 0 N–H and O–H groups in total. The van der Waals surface area contributed by atoms with E-state index in [1.165, 1.54) is 0 Å². The molecule has 0 amide bonds. The standard InChI is InChI=1S/C8H6BF6O2.K/c1-16-7-4-5(17-8(10,11)12)2-3-6(7)9(13,14)15;/h2-4H,1H3;/q-1;+1. The van der Waals surface area contributed by atoms with Gasteiger partial charge in [0.1, 0.15) is 5.75 Å². The fourth-order valence-electron chi connectivity index (χ4n) is 1.16. The van der Waals surface area contributed by atoms with Crippen molar-refractivity contribution in [1.82, 2.24) is 0 Å². The van der Waals surface area contributed by atoms with Crippen molar-refractivity contribution in [3.8, 4) is 11.5 Å². The minimum Gasteiger partial charge on any atom is -0.500 e. The first-order valence-electron chi connectivity index (χ1n) is 4.27. The van der Waals surface area contributed by atoms with Crippen LogP contribution in [0, 0.1) is 0 Å². The molecule has 1 aromatic carbocycles. The molecule has 0 aliphatic heterocycles. The largest absolute Gasteiger partial charge is 1.00 e. The van der Waals surface area contributed by atoms with E-state index in [-0.39, 0.29) is 51.4 Å². The molecule has 18 heavy (non-hydrogen) atoms. The van der Waals surface area contributed by atoms with Crippen molar-refractivity contribution in [1.29, 1.82) is 0 Å². The number of methoxy groups -OCH3 is 1. The summed E-state index contributed by atoms with van der Waals surface area (Å²) < 4.78 is 80.6. The van der Waals surface area contributed by atoms with Crippen molar-refractivity contribution < 1.29 is 87.0 Å². The summed E-state index contributed by atoms with van der Waals surface area (Å²) in [5.41, 5.74) is -1.11. The summed E-state index contributed by atoms with van der Waals surface area (Å²) in [6, 6.07) is 1.61. The summed E-state index contributed by atoms with van der Waals surface area (Å²) in [4.78, 5) is 0. The van der Waals surface area contributed by atoms with Crippen molar-refractivity contribution in [3.63, 3.8) is 0 Å². The molecule has 96 valence electrons. The van der Waals surface area contributed by atoms with Crippen LogP contribution in [0.3, 0.4) is 0 Å². The van der Waals surface area contributed by atoms with Crippen LogP contribution in [0.25, 0.3) is 0 Å². The number of ether oxygens (including phenoxy) is 2. The van der Waals surface area contributed by atoms with Crippen LogP contribution < -0.4 is 66.3 Å². The Bertz CT molecular complexity index is 406. The molecule has 10 heteroatoms. The molecule has 0 aliphatic rings. The van der Waals surface area contributed by atoms with E-state index >= 15 is 0 Å². The average molecular weight is 298 g/mol. The third-order valence-corrected chi connectivity index (χ3v) is 1.79. The Hall–Kier alpha value is 0.101. The van der Waals surface area contributed by atoms with Gasteiger partial charge < -0.3 is 22.4 Å². The number of rotatable bonds is 3. The zero-order chi connectivity index (χ0) is 13.3. The topological polar surface area (TPSA) is 18.5 Å². The van der Waals surface area contributed by atoms with E-state index in [1.807, 2.05) is 0 Å². The van der Waals surface area contributed by atoms with Crippen molar-refractivity contribution >= 4 is 12.4 Å². The molecule has 2 nitrogen and oxygen atoms in total. The Labute approximate surface area is 141 Å². The molecule has 0 atom stereocenters. The summed E-state index contributed by atoms with van der Waals surface area (Å²) in [5.74, 6) is -1.47. The molecule has 0 fully saturated rings. The Morgan fingerprint density at radius 1 is 1.11 bits per heavy atom. The van der Waals surface area contributed by atoms with Crippen LogP contribution in [0.1, 0.15) is 0 Å². The smallest absolute Gasteiger partial charge is 0.500 e. The minimum absolute atomic E-state index is 0. The monoisotopic (exact) mass is 298 g/mol. The van der Waals surface area contributed by atoms with Gasteiger partial charge in [-0.25, -0.2) is 0 Å². The molecule has 0 spiro atoms.